The molecule has 0 heterocycles. The van der Waals surface area contributed by atoms with Gasteiger partial charge in [-0.1, -0.05) is 0 Å². The summed E-state index contributed by atoms with van der Waals surface area (Å²) in [5.41, 5.74) is 1.41. The molecule has 0 saturated heterocycles. The first kappa shape index (κ1) is 6.14. The molecule has 0 unspecified atom stereocenters. The summed E-state index contributed by atoms with van der Waals surface area (Å²) in [5.74, 6) is 0. The van der Waals surface area contributed by atoms with Gasteiger partial charge in [-0.2, -0.15) is 0 Å². The molecule has 0 nitrogen and oxygen atoms in total. The number of hydrogen-bond acceptors (Lipinski definition) is 0. The van der Waals surface area contributed by atoms with Crippen molar-refractivity contribution in [3.8, 4) is 0 Å². The Labute approximate surface area is 63.0 Å². The van der Waals surface area contributed by atoms with Crippen molar-refractivity contribution in [3.05, 3.63) is 29.8 Å². The average Bonchev–Trinajstić information content (AvgIpc) is 1.77. The summed E-state index contributed by atoms with van der Waals surface area (Å²) in [6, 6.07) is 8.46. The summed E-state index contributed by atoms with van der Waals surface area (Å²) in [4.78, 5) is 0. The first-order chi connectivity index (χ1) is 3.80. The molecule has 1 aromatic carbocycles. The van der Waals surface area contributed by atoms with E-state index in [0.717, 1.165) is 0 Å². The molecule has 1 heteroatoms. The molecule has 0 aliphatic carbocycles. The first-order valence-electron chi connectivity index (χ1n) is 2.58. The Hall–Kier alpha value is 0.0187. The number of benzene rings is 1. The Kier molecular flexibility index (Phi) is 1.95. The van der Waals surface area contributed by atoms with Gasteiger partial charge in [0.15, 0.2) is 0 Å². The van der Waals surface area contributed by atoms with Gasteiger partial charge in [-0.15, -0.1) is 0 Å². The zero-order chi connectivity index (χ0) is 5.98. The van der Waals surface area contributed by atoms with E-state index in [-0.39, 0.29) is 0 Å². The van der Waals surface area contributed by atoms with Gasteiger partial charge in [0.25, 0.3) is 0 Å². The van der Waals surface area contributed by atoms with Crippen LogP contribution in [-0.4, -0.2) is 22.5 Å². The second kappa shape index (κ2) is 2.53. The monoisotopic (exact) mass is 211 g/mol. The Morgan fingerprint density at radius 3 is 2.25 bits per heavy atom. The fourth-order valence-corrected chi connectivity index (χ4v) is 1.09. The molecule has 0 radical (unpaired) electrons. The van der Waals surface area contributed by atoms with Crippen LogP contribution in [0.2, 0.25) is 0 Å². The molecule has 1 rings (SSSR count). The molecule has 0 N–H and O–H groups in total. The van der Waals surface area contributed by atoms with Crippen molar-refractivity contribution in [3.63, 3.8) is 0 Å². The second-order valence-electron chi connectivity index (χ2n) is 1.81. The molecule has 0 bridgehead atoms. The van der Waals surface area contributed by atoms with E-state index in [4.69, 9.17) is 0 Å². The maximum atomic E-state index is 2.16. The van der Waals surface area contributed by atoms with Crippen molar-refractivity contribution in [2.45, 2.75) is 6.92 Å². The molecule has 0 saturated carbocycles. The summed E-state index contributed by atoms with van der Waals surface area (Å²) in [7, 11) is 0. The third-order valence-corrected chi connectivity index (χ3v) is 2.75. The Morgan fingerprint density at radius 1 is 1.25 bits per heavy atom. The average molecular weight is 210 g/mol. The van der Waals surface area contributed by atoms with Crippen LogP contribution in [0, 0.1) is 6.92 Å². The molecule has 0 amide bonds. The maximum absolute atomic E-state index is 2.16. The first-order valence-corrected chi connectivity index (χ1v) is 4.00. The Balaban J connectivity index is 3.13. The summed E-state index contributed by atoms with van der Waals surface area (Å²) >= 11 is 1.51. The van der Waals surface area contributed by atoms with Crippen LogP contribution in [0.15, 0.2) is 24.3 Å². The zero-order valence-corrected chi connectivity index (χ0v) is 7.66. The SMILES string of the molecule is Cc1cccc[c]1[Sn+3]. The summed E-state index contributed by atoms with van der Waals surface area (Å²) in [6.45, 7) is 2.14. The van der Waals surface area contributed by atoms with Gasteiger partial charge in [-0.25, -0.2) is 0 Å². The summed E-state index contributed by atoms with van der Waals surface area (Å²) < 4.78 is 1.46. The topological polar surface area (TPSA) is 0 Å². The van der Waals surface area contributed by atoms with Gasteiger partial charge in [-0.05, 0) is 0 Å². The van der Waals surface area contributed by atoms with Gasteiger partial charge in [0.1, 0.15) is 0 Å². The third-order valence-electron chi connectivity index (χ3n) is 1.15. The van der Waals surface area contributed by atoms with Crippen molar-refractivity contribution in [1.29, 1.82) is 0 Å². The predicted octanol–water partition coefficient (Wildman–Crippen LogP) is 0.789. The van der Waals surface area contributed by atoms with Crippen molar-refractivity contribution >= 4 is 26.1 Å². The minimum absolute atomic E-state index is 1.41. The number of hydrogen-bond donors (Lipinski definition) is 0. The van der Waals surface area contributed by atoms with E-state index in [0.29, 0.717) is 0 Å². The Bertz CT molecular complexity index is 160. The van der Waals surface area contributed by atoms with Crippen LogP contribution >= 0.6 is 0 Å². The summed E-state index contributed by atoms with van der Waals surface area (Å²) in [5, 5.41) is 0. The van der Waals surface area contributed by atoms with Crippen molar-refractivity contribution < 1.29 is 0 Å². The van der Waals surface area contributed by atoms with Crippen LogP contribution < -0.4 is 3.58 Å². The van der Waals surface area contributed by atoms with Gasteiger partial charge in [0.2, 0.25) is 0 Å². The van der Waals surface area contributed by atoms with Gasteiger partial charge in [0, 0.05) is 0 Å². The van der Waals surface area contributed by atoms with Crippen LogP contribution in [0.4, 0.5) is 0 Å². The molecule has 0 aliphatic rings. The minimum atomic E-state index is 1.41. The van der Waals surface area contributed by atoms with Gasteiger partial charge < -0.3 is 0 Å². The van der Waals surface area contributed by atoms with Gasteiger partial charge >= 0.3 is 62.9 Å². The predicted molar refractivity (Wildman–Crippen MR) is 36.6 cm³/mol. The molecule has 36 valence electrons. The molecule has 1 aromatic rings. The van der Waals surface area contributed by atoms with E-state index in [1.54, 1.807) is 0 Å². The summed E-state index contributed by atoms with van der Waals surface area (Å²) in [6.07, 6.45) is 0. The third kappa shape index (κ3) is 1.25. The van der Waals surface area contributed by atoms with Crippen LogP contribution in [-0.2, 0) is 0 Å². The molecular formula is C7H7Sn+3. The van der Waals surface area contributed by atoms with Gasteiger partial charge in [-0.3, -0.25) is 0 Å². The van der Waals surface area contributed by atoms with Crippen molar-refractivity contribution in [2.24, 2.45) is 0 Å². The second-order valence-corrected chi connectivity index (χ2v) is 3.35. The van der Waals surface area contributed by atoms with E-state index < -0.39 is 0 Å². The number of aryl methyl sites for hydroxylation is 1. The van der Waals surface area contributed by atoms with E-state index in [9.17, 15) is 0 Å². The van der Waals surface area contributed by atoms with Crippen molar-refractivity contribution in [2.75, 3.05) is 0 Å². The molecule has 0 aromatic heterocycles. The van der Waals surface area contributed by atoms with E-state index in [1.807, 2.05) is 0 Å². The zero-order valence-electron chi connectivity index (χ0n) is 4.81. The fraction of sp³-hybridized carbons (Fsp3) is 0.143. The number of rotatable bonds is 0. The molecule has 0 atom stereocenters. The quantitative estimate of drug-likeness (QED) is 0.555. The molecule has 8 heavy (non-hydrogen) atoms. The van der Waals surface area contributed by atoms with Crippen LogP contribution in [0.5, 0.6) is 0 Å². The van der Waals surface area contributed by atoms with E-state index in [1.165, 1.54) is 31.7 Å². The van der Waals surface area contributed by atoms with E-state index >= 15 is 0 Å². The fourth-order valence-electron chi connectivity index (χ4n) is 0.573. The normalized spacial score (nSPS) is 9.38. The molecular weight excluding hydrogens is 203 g/mol. The standard InChI is InChI=1S/C7H7.Sn/c1-7-5-3-2-4-6-7;/h2-5H,1H3;/q;+3. The van der Waals surface area contributed by atoms with E-state index in [2.05, 4.69) is 31.2 Å². The van der Waals surface area contributed by atoms with Crippen LogP contribution in [0.3, 0.4) is 0 Å². The van der Waals surface area contributed by atoms with Gasteiger partial charge in [0.05, 0.1) is 0 Å². The molecule has 0 fully saturated rings. The Morgan fingerprint density at radius 2 is 1.88 bits per heavy atom. The van der Waals surface area contributed by atoms with Crippen LogP contribution in [0.1, 0.15) is 5.56 Å². The molecule has 0 spiro atoms. The van der Waals surface area contributed by atoms with Crippen molar-refractivity contribution in [1.82, 2.24) is 0 Å². The van der Waals surface area contributed by atoms with Crippen LogP contribution in [0.25, 0.3) is 0 Å². The molecule has 0 aliphatic heterocycles.